The van der Waals surface area contributed by atoms with Gasteiger partial charge < -0.3 is 0 Å². The normalized spacial score (nSPS) is 11.5. The van der Waals surface area contributed by atoms with Crippen LogP contribution in [0.25, 0.3) is 5.69 Å². The van der Waals surface area contributed by atoms with Crippen LogP contribution in [0.4, 0.5) is 0 Å². The number of halogens is 2. The van der Waals surface area contributed by atoms with E-state index in [1.54, 1.807) is 29.1 Å². The standard InChI is InChI=1S/C17H11Cl2N3O/c18-12-6-7-16(19)15(10-12)17(23)21-13-8-9-22(20-11-13)14-4-2-1-3-5-14/h1-11H/b21-13+. The molecule has 0 fully saturated rings. The Bertz CT molecular complexity index is 900. The monoisotopic (exact) mass is 343 g/mol. The van der Waals surface area contributed by atoms with Gasteiger partial charge in [0.15, 0.2) is 0 Å². The van der Waals surface area contributed by atoms with Gasteiger partial charge in [-0.15, -0.1) is 0 Å². The first kappa shape index (κ1) is 15.5. The van der Waals surface area contributed by atoms with Gasteiger partial charge in [0.2, 0.25) is 0 Å². The average molecular weight is 344 g/mol. The van der Waals surface area contributed by atoms with Gasteiger partial charge in [0.1, 0.15) is 0 Å². The number of benzene rings is 2. The SMILES string of the molecule is O=C(/N=c1\ccn(-c2ccccc2)nc1)c1cc(Cl)ccc1Cl. The van der Waals surface area contributed by atoms with Crippen LogP contribution in [0, 0.1) is 0 Å². The zero-order valence-electron chi connectivity index (χ0n) is 11.9. The van der Waals surface area contributed by atoms with Gasteiger partial charge in [-0.2, -0.15) is 5.10 Å². The van der Waals surface area contributed by atoms with E-state index in [0.29, 0.717) is 15.4 Å². The minimum absolute atomic E-state index is 0.263. The Kier molecular flexibility index (Phi) is 4.55. The molecule has 0 unspecified atom stereocenters. The molecule has 6 heteroatoms. The van der Waals surface area contributed by atoms with Gasteiger partial charge in [-0.3, -0.25) is 4.79 Å². The molecule has 0 atom stereocenters. The first-order valence-corrected chi connectivity index (χ1v) is 7.53. The molecule has 1 amide bonds. The van der Waals surface area contributed by atoms with Crippen LogP contribution in [-0.4, -0.2) is 15.7 Å². The summed E-state index contributed by atoms with van der Waals surface area (Å²) >= 11 is 11.9. The van der Waals surface area contributed by atoms with E-state index in [9.17, 15) is 4.79 Å². The van der Waals surface area contributed by atoms with Crippen LogP contribution in [-0.2, 0) is 0 Å². The summed E-state index contributed by atoms with van der Waals surface area (Å²) in [6.45, 7) is 0. The fraction of sp³-hybridized carbons (Fsp3) is 0. The Balaban J connectivity index is 1.91. The van der Waals surface area contributed by atoms with Crippen molar-refractivity contribution in [3.05, 3.63) is 88.0 Å². The summed E-state index contributed by atoms with van der Waals surface area (Å²) in [6, 6.07) is 16.0. The second-order valence-electron chi connectivity index (χ2n) is 4.71. The predicted octanol–water partition coefficient (Wildman–Crippen LogP) is 3.92. The Morgan fingerprint density at radius 1 is 1.04 bits per heavy atom. The Hall–Kier alpha value is -2.43. The first-order chi connectivity index (χ1) is 11.1. The van der Waals surface area contributed by atoms with Crippen molar-refractivity contribution < 1.29 is 4.79 Å². The van der Waals surface area contributed by atoms with Crippen molar-refractivity contribution in [3.8, 4) is 5.69 Å². The lowest BCUT2D eigenvalue weighted by atomic mass is 10.2. The molecule has 0 radical (unpaired) electrons. The molecule has 0 bridgehead atoms. The van der Waals surface area contributed by atoms with Crippen LogP contribution in [0.5, 0.6) is 0 Å². The van der Waals surface area contributed by atoms with Crippen LogP contribution in [0.2, 0.25) is 10.0 Å². The third-order valence-electron chi connectivity index (χ3n) is 3.11. The summed E-state index contributed by atoms with van der Waals surface area (Å²) in [6.07, 6.45) is 3.25. The highest BCUT2D eigenvalue weighted by Gasteiger charge is 2.09. The maximum absolute atomic E-state index is 12.2. The van der Waals surface area contributed by atoms with Crippen molar-refractivity contribution in [2.75, 3.05) is 0 Å². The molecule has 0 aliphatic rings. The largest absolute Gasteiger partial charge is 0.279 e. The zero-order chi connectivity index (χ0) is 16.2. The lowest BCUT2D eigenvalue weighted by Gasteiger charge is -2.03. The van der Waals surface area contributed by atoms with E-state index in [2.05, 4.69) is 10.1 Å². The number of carbonyl (C=O) groups is 1. The molecule has 1 heterocycles. The summed E-state index contributed by atoms with van der Waals surface area (Å²) in [5.74, 6) is -0.461. The molecule has 114 valence electrons. The lowest BCUT2D eigenvalue weighted by Crippen LogP contribution is -2.11. The van der Waals surface area contributed by atoms with Crippen LogP contribution >= 0.6 is 23.2 Å². The molecule has 4 nitrogen and oxygen atoms in total. The number of rotatable bonds is 2. The molecule has 3 aromatic rings. The fourth-order valence-corrected chi connectivity index (χ4v) is 2.36. The molecule has 2 aromatic carbocycles. The minimum Gasteiger partial charge on any atom is -0.267 e. The lowest BCUT2D eigenvalue weighted by molar-refractivity contribution is 0.0998. The van der Waals surface area contributed by atoms with E-state index in [1.165, 1.54) is 12.3 Å². The molecule has 0 spiro atoms. The molecule has 0 saturated carbocycles. The van der Waals surface area contributed by atoms with Crippen molar-refractivity contribution in [1.29, 1.82) is 0 Å². The van der Waals surface area contributed by atoms with Crippen LogP contribution in [0.1, 0.15) is 10.4 Å². The summed E-state index contributed by atoms with van der Waals surface area (Å²) < 4.78 is 1.69. The van der Waals surface area contributed by atoms with Crippen LogP contribution in [0.15, 0.2) is 72.0 Å². The average Bonchev–Trinajstić information content (AvgIpc) is 2.58. The fourth-order valence-electron chi connectivity index (χ4n) is 1.99. The summed E-state index contributed by atoms with van der Waals surface area (Å²) in [5, 5.41) is 5.43. The van der Waals surface area contributed by atoms with Gasteiger partial charge in [-0.1, -0.05) is 41.4 Å². The minimum atomic E-state index is -0.461. The highest BCUT2D eigenvalue weighted by Crippen LogP contribution is 2.21. The zero-order valence-corrected chi connectivity index (χ0v) is 13.4. The quantitative estimate of drug-likeness (QED) is 0.707. The highest BCUT2D eigenvalue weighted by atomic mass is 35.5. The topological polar surface area (TPSA) is 47.2 Å². The van der Waals surface area contributed by atoms with Gasteiger partial charge in [0.05, 0.1) is 27.8 Å². The molecule has 0 aliphatic carbocycles. The number of carbonyl (C=O) groups excluding carboxylic acids is 1. The maximum Gasteiger partial charge on any atom is 0.279 e. The van der Waals surface area contributed by atoms with Crippen LogP contribution < -0.4 is 5.36 Å². The van der Waals surface area contributed by atoms with Crippen molar-refractivity contribution in [2.24, 2.45) is 4.99 Å². The molecule has 0 saturated heterocycles. The molecular weight excluding hydrogens is 333 g/mol. The third-order valence-corrected chi connectivity index (χ3v) is 3.68. The van der Waals surface area contributed by atoms with Gasteiger partial charge in [0.25, 0.3) is 5.91 Å². The summed E-state index contributed by atoms with van der Waals surface area (Å²) in [7, 11) is 0. The Morgan fingerprint density at radius 2 is 1.83 bits per heavy atom. The molecule has 23 heavy (non-hydrogen) atoms. The molecular formula is C17H11Cl2N3O. The van der Waals surface area contributed by atoms with E-state index in [0.717, 1.165) is 5.69 Å². The summed E-state index contributed by atoms with van der Waals surface area (Å²) in [5.41, 5.74) is 1.18. The van der Waals surface area contributed by atoms with E-state index in [4.69, 9.17) is 23.2 Å². The molecule has 0 aliphatic heterocycles. The number of nitrogens with zero attached hydrogens (tertiary/aromatic N) is 3. The molecule has 0 N–H and O–H groups in total. The Labute approximate surface area is 142 Å². The highest BCUT2D eigenvalue weighted by molar-refractivity contribution is 6.35. The van der Waals surface area contributed by atoms with Crippen molar-refractivity contribution >= 4 is 29.1 Å². The van der Waals surface area contributed by atoms with Gasteiger partial charge >= 0.3 is 0 Å². The number of hydrogen-bond acceptors (Lipinski definition) is 2. The second kappa shape index (κ2) is 6.77. The van der Waals surface area contributed by atoms with Crippen molar-refractivity contribution in [2.45, 2.75) is 0 Å². The van der Waals surface area contributed by atoms with Crippen molar-refractivity contribution in [3.63, 3.8) is 0 Å². The van der Waals surface area contributed by atoms with E-state index in [-0.39, 0.29) is 5.56 Å². The Morgan fingerprint density at radius 3 is 2.52 bits per heavy atom. The number of amides is 1. The summed E-state index contributed by atoms with van der Waals surface area (Å²) in [4.78, 5) is 16.2. The predicted molar refractivity (Wildman–Crippen MR) is 89.9 cm³/mol. The maximum atomic E-state index is 12.2. The number of aromatic nitrogens is 2. The molecule has 1 aromatic heterocycles. The van der Waals surface area contributed by atoms with Gasteiger partial charge in [-0.05, 0) is 36.4 Å². The third kappa shape index (κ3) is 3.67. The first-order valence-electron chi connectivity index (χ1n) is 6.78. The molecule has 3 rings (SSSR count). The van der Waals surface area contributed by atoms with Gasteiger partial charge in [-0.25, -0.2) is 9.67 Å². The number of para-hydroxylation sites is 1. The van der Waals surface area contributed by atoms with Crippen LogP contribution in [0.3, 0.4) is 0 Å². The van der Waals surface area contributed by atoms with E-state index in [1.807, 2.05) is 30.3 Å². The second-order valence-corrected chi connectivity index (χ2v) is 5.55. The van der Waals surface area contributed by atoms with E-state index < -0.39 is 5.91 Å². The van der Waals surface area contributed by atoms with Gasteiger partial charge in [0, 0.05) is 11.2 Å². The number of hydrogen-bond donors (Lipinski definition) is 0. The van der Waals surface area contributed by atoms with Crippen molar-refractivity contribution in [1.82, 2.24) is 9.78 Å². The smallest absolute Gasteiger partial charge is 0.267 e. The van der Waals surface area contributed by atoms with E-state index >= 15 is 0 Å².